The summed E-state index contributed by atoms with van der Waals surface area (Å²) in [5.41, 5.74) is 1.70. The quantitative estimate of drug-likeness (QED) is 0.850. The van der Waals surface area contributed by atoms with Gasteiger partial charge in [0.05, 0.1) is 12.6 Å². The first-order chi connectivity index (χ1) is 11.6. The van der Waals surface area contributed by atoms with E-state index in [0.29, 0.717) is 10.7 Å². The van der Waals surface area contributed by atoms with Crippen molar-refractivity contribution in [2.75, 3.05) is 6.61 Å². The summed E-state index contributed by atoms with van der Waals surface area (Å²) in [4.78, 5) is 12.3. The second-order valence-electron chi connectivity index (χ2n) is 5.42. The first-order valence-electron chi connectivity index (χ1n) is 7.49. The van der Waals surface area contributed by atoms with E-state index in [0.717, 1.165) is 11.1 Å². The van der Waals surface area contributed by atoms with Gasteiger partial charge in [0.25, 0.3) is 0 Å². The number of hydrogen-bond donors (Lipinski definition) is 0. The van der Waals surface area contributed by atoms with Crippen molar-refractivity contribution < 1.29 is 22.1 Å². The molecule has 1 unspecified atom stereocenters. The molecule has 1 heterocycles. The van der Waals surface area contributed by atoms with Crippen molar-refractivity contribution in [2.24, 2.45) is 0 Å². The number of ether oxygens (including phenoxy) is 1. The minimum atomic E-state index is -4.10. The number of benzene rings is 2. The molecule has 0 aromatic heterocycles. The summed E-state index contributed by atoms with van der Waals surface area (Å²) in [6, 6.07) is 17.8. The monoisotopic (exact) mass is 347 g/mol. The molecule has 0 spiro atoms. The Hall–Kier alpha value is -2.38. The summed E-state index contributed by atoms with van der Waals surface area (Å²) >= 11 is 0. The van der Waals surface area contributed by atoms with Crippen molar-refractivity contribution in [2.45, 2.75) is 19.1 Å². The van der Waals surface area contributed by atoms with Gasteiger partial charge in [-0.05, 0) is 17.5 Å². The summed E-state index contributed by atoms with van der Waals surface area (Å²) in [5.74, 6) is 0. The molecule has 0 bridgehead atoms. The molecule has 1 aliphatic heterocycles. The van der Waals surface area contributed by atoms with Crippen LogP contribution in [0.4, 0.5) is 4.79 Å². The minimum Gasteiger partial charge on any atom is -0.444 e. The Morgan fingerprint density at radius 1 is 1.04 bits per heavy atom. The molecule has 2 aromatic carbocycles. The molecule has 7 heteroatoms. The molecular formula is C17H17NO5S. The van der Waals surface area contributed by atoms with Gasteiger partial charge in [-0.3, -0.25) is 4.18 Å². The first-order valence-corrected chi connectivity index (χ1v) is 8.86. The third kappa shape index (κ3) is 3.74. The Morgan fingerprint density at radius 2 is 1.62 bits per heavy atom. The predicted octanol–water partition coefficient (Wildman–Crippen LogP) is 2.51. The van der Waals surface area contributed by atoms with Crippen molar-refractivity contribution in [3.63, 3.8) is 0 Å². The van der Waals surface area contributed by atoms with Gasteiger partial charge in [0.2, 0.25) is 0 Å². The average Bonchev–Trinajstić information content (AvgIpc) is 2.89. The third-order valence-corrected chi connectivity index (χ3v) is 5.04. The van der Waals surface area contributed by atoms with Crippen molar-refractivity contribution >= 4 is 16.4 Å². The van der Waals surface area contributed by atoms with E-state index in [2.05, 4.69) is 0 Å². The SMILES string of the molecule is O=C(OCc1ccccc1)N1C(Cc2ccccc2)COS1(=O)=O. The van der Waals surface area contributed by atoms with E-state index in [-0.39, 0.29) is 13.2 Å². The maximum Gasteiger partial charge on any atom is 0.426 e. The molecule has 6 nitrogen and oxygen atoms in total. The molecule has 1 aliphatic rings. The highest BCUT2D eigenvalue weighted by atomic mass is 32.2. The standard InChI is InChI=1S/C17H17NO5S/c19-17(22-12-15-9-5-2-6-10-15)18-16(13-23-24(18,20)21)11-14-7-3-1-4-8-14/h1-10,16H,11-13H2. The molecular weight excluding hydrogens is 330 g/mol. The molecule has 24 heavy (non-hydrogen) atoms. The van der Waals surface area contributed by atoms with E-state index in [1.807, 2.05) is 48.5 Å². The van der Waals surface area contributed by atoms with E-state index < -0.39 is 22.4 Å². The van der Waals surface area contributed by atoms with Crippen LogP contribution in [0.1, 0.15) is 11.1 Å². The van der Waals surface area contributed by atoms with Gasteiger partial charge >= 0.3 is 16.4 Å². The highest BCUT2D eigenvalue weighted by Gasteiger charge is 2.43. The molecule has 0 aliphatic carbocycles. The molecule has 1 fully saturated rings. The highest BCUT2D eigenvalue weighted by Crippen LogP contribution is 2.23. The largest absolute Gasteiger partial charge is 0.444 e. The van der Waals surface area contributed by atoms with Gasteiger partial charge in [-0.1, -0.05) is 60.7 Å². The molecule has 1 amide bonds. The van der Waals surface area contributed by atoms with Crippen LogP contribution in [0.5, 0.6) is 0 Å². The fourth-order valence-corrected chi connectivity index (χ4v) is 3.70. The van der Waals surface area contributed by atoms with E-state index >= 15 is 0 Å². The molecule has 0 N–H and O–H groups in total. The van der Waals surface area contributed by atoms with Crippen LogP contribution in [-0.2, 0) is 32.3 Å². The summed E-state index contributed by atoms with van der Waals surface area (Å²) in [5, 5.41) is 0. The molecule has 1 atom stereocenters. The smallest absolute Gasteiger partial charge is 0.426 e. The van der Waals surface area contributed by atoms with Crippen LogP contribution in [-0.4, -0.2) is 31.5 Å². The number of rotatable bonds is 4. The lowest BCUT2D eigenvalue weighted by atomic mass is 10.1. The van der Waals surface area contributed by atoms with Crippen molar-refractivity contribution in [1.82, 2.24) is 4.31 Å². The van der Waals surface area contributed by atoms with Crippen molar-refractivity contribution in [3.05, 3.63) is 71.8 Å². The molecule has 0 saturated carbocycles. The summed E-state index contributed by atoms with van der Waals surface area (Å²) in [7, 11) is -4.10. The Labute approximate surface area is 140 Å². The summed E-state index contributed by atoms with van der Waals surface area (Å²) < 4.78 is 34.7. The first kappa shape index (κ1) is 16.5. The number of amides is 1. The lowest BCUT2D eigenvalue weighted by molar-refractivity contribution is 0.113. The normalized spacial score (nSPS) is 19.2. The van der Waals surface area contributed by atoms with Crippen LogP contribution in [0.25, 0.3) is 0 Å². The molecule has 3 rings (SSSR count). The highest BCUT2D eigenvalue weighted by molar-refractivity contribution is 7.85. The zero-order chi connectivity index (χ0) is 17.0. The van der Waals surface area contributed by atoms with Gasteiger partial charge in [0, 0.05) is 0 Å². The average molecular weight is 347 g/mol. The van der Waals surface area contributed by atoms with Crippen molar-refractivity contribution in [1.29, 1.82) is 0 Å². The van der Waals surface area contributed by atoms with Crippen LogP contribution < -0.4 is 0 Å². The maximum absolute atomic E-state index is 12.3. The second kappa shape index (κ2) is 7.02. The zero-order valence-electron chi connectivity index (χ0n) is 12.9. The van der Waals surface area contributed by atoms with E-state index in [1.54, 1.807) is 12.1 Å². The van der Waals surface area contributed by atoms with E-state index in [1.165, 1.54) is 0 Å². The zero-order valence-corrected chi connectivity index (χ0v) is 13.7. The molecule has 1 saturated heterocycles. The number of carbonyl (C=O) groups is 1. The summed E-state index contributed by atoms with van der Waals surface area (Å²) in [6.07, 6.45) is -0.544. The van der Waals surface area contributed by atoms with Gasteiger partial charge in [-0.25, -0.2) is 4.79 Å². The summed E-state index contributed by atoms with van der Waals surface area (Å²) in [6.45, 7) is -0.0680. The van der Waals surface area contributed by atoms with Crippen LogP contribution in [0.2, 0.25) is 0 Å². The lowest BCUT2D eigenvalue weighted by Gasteiger charge is -2.20. The maximum atomic E-state index is 12.3. The number of nitrogens with zero attached hydrogens (tertiary/aromatic N) is 1. The molecule has 0 radical (unpaired) electrons. The molecule has 2 aromatic rings. The van der Waals surface area contributed by atoms with Gasteiger partial charge in [0.15, 0.2) is 0 Å². The van der Waals surface area contributed by atoms with Gasteiger partial charge < -0.3 is 4.74 Å². The third-order valence-electron chi connectivity index (χ3n) is 3.68. The van der Waals surface area contributed by atoms with Gasteiger partial charge in [-0.15, -0.1) is 0 Å². The van der Waals surface area contributed by atoms with Crippen molar-refractivity contribution in [3.8, 4) is 0 Å². The minimum absolute atomic E-state index is 0.00372. The Morgan fingerprint density at radius 3 is 2.25 bits per heavy atom. The van der Waals surface area contributed by atoms with E-state index in [4.69, 9.17) is 8.92 Å². The lowest BCUT2D eigenvalue weighted by Crippen LogP contribution is -2.40. The fraction of sp³-hybridized carbons (Fsp3) is 0.235. The fourth-order valence-electron chi connectivity index (χ4n) is 2.52. The Balaban J connectivity index is 1.70. The topological polar surface area (TPSA) is 72.9 Å². The second-order valence-corrected chi connectivity index (χ2v) is 6.91. The van der Waals surface area contributed by atoms with Crippen LogP contribution >= 0.6 is 0 Å². The number of hydrogen-bond acceptors (Lipinski definition) is 5. The van der Waals surface area contributed by atoms with Crippen LogP contribution in [0, 0.1) is 0 Å². The van der Waals surface area contributed by atoms with Gasteiger partial charge in [0.1, 0.15) is 6.61 Å². The van der Waals surface area contributed by atoms with Gasteiger partial charge in [-0.2, -0.15) is 12.7 Å². The predicted molar refractivity (Wildman–Crippen MR) is 87.3 cm³/mol. The van der Waals surface area contributed by atoms with Crippen LogP contribution in [0.3, 0.4) is 0 Å². The van der Waals surface area contributed by atoms with E-state index in [9.17, 15) is 13.2 Å². The number of carbonyl (C=O) groups excluding carboxylic acids is 1. The Kier molecular flexibility index (Phi) is 4.82. The Bertz CT molecular complexity index is 792. The molecule has 126 valence electrons. The van der Waals surface area contributed by atoms with Crippen LogP contribution in [0.15, 0.2) is 60.7 Å².